The van der Waals surface area contributed by atoms with E-state index in [0.717, 1.165) is 28.9 Å². The highest BCUT2D eigenvalue weighted by Gasteiger charge is 2.08. The Labute approximate surface area is 202 Å². The molecule has 0 amide bonds. The average molecular weight is 561 g/mol. The molecular formula is C22H33IN4O3S. The number of ether oxygens (including phenoxy) is 1. The molecule has 0 saturated carbocycles. The summed E-state index contributed by atoms with van der Waals surface area (Å²) in [5.41, 5.74) is 3.13. The highest BCUT2D eigenvalue weighted by atomic mass is 127. The molecular weight excluding hydrogens is 527 g/mol. The van der Waals surface area contributed by atoms with Gasteiger partial charge in [0.2, 0.25) is 10.0 Å². The molecule has 172 valence electrons. The van der Waals surface area contributed by atoms with Gasteiger partial charge in [-0.1, -0.05) is 38.1 Å². The van der Waals surface area contributed by atoms with Crippen molar-refractivity contribution in [1.82, 2.24) is 10.6 Å². The molecule has 9 heteroatoms. The normalized spacial score (nSPS) is 11.7. The highest BCUT2D eigenvalue weighted by Crippen LogP contribution is 2.21. The van der Waals surface area contributed by atoms with E-state index in [0.29, 0.717) is 31.6 Å². The van der Waals surface area contributed by atoms with Gasteiger partial charge in [0.1, 0.15) is 5.75 Å². The Morgan fingerprint density at radius 3 is 2.32 bits per heavy atom. The van der Waals surface area contributed by atoms with Crippen LogP contribution in [-0.4, -0.2) is 28.0 Å². The third kappa shape index (κ3) is 9.44. The number of aliphatic imine (C=N–C) groups is 1. The fourth-order valence-corrected chi connectivity index (χ4v) is 3.24. The molecule has 0 unspecified atom stereocenters. The summed E-state index contributed by atoms with van der Waals surface area (Å²) < 4.78 is 28.7. The molecule has 2 rings (SSSR count). The molecule has 0 atom stereocenters. The van der Waals surface area contributed by atoms with Crippen LogP contribution in [0.2, 0.25) is 0 Å². The summed E-state index contributed by atoms with van der Waals surface area (Å²) >= 11 is 0. The second-order valence-electron chi connectivity index (χ2n) is 7.61. The fourth-order valence-electron chi connectivity index (χ4n) is 2.73. The van der Waals surface area contributed by atoms with Crippen LogP contribution in [0.1, 0.15) is 37.0 Å². The number of primary sulfonamides is 1. The predicted octanol–water partition coefficient (Wildman–Crippen LogP) is 3.55. The minimum Gasteiger partial charge on any atom is -0.493 e. The van der Waals surface area contributed by atoms with E-state index in [9.17, 15) is 8.42 Å². The summed E-state index contributed by atoms with van der Waals surface area (Å²) in [5, 5.41) is 11.6. The van der Waals surface area contributed by atoms with E-state index in [1.165, 1.54) is 12.1 Å². The number of hydrogen-bond donors (Lipinski definition) is 3. The number of benzene rings is 2. The fraction of sp³-hybridized carbons (Fsp3) is 0.409. The van der Waals surface area contributed by atoms with Crippen molar-refractivity contribution >= 4 is 40.0 Å². The van der Waals surface area contributed by atoms with Gasteiger partial charge in [-0.3, -0.25) is 4.99 Å². The smallest absolute Gasteiger partial charge is 0.238 e. The van der Waals surface area contributed by atoms with Crippen LogP contribution in [0.25, 0.3) is 0 Å². The maximum atomic E-state index is 11.3. The first-order chi connectivity index (χ1) is 14.2. The molecule has 0 bridgehead atoms. The number of aryl methyl sites for hydroxylation is 1. The van der Waals surface area contributed by atoms with E-state index < -0.39 is 10.0 Å². The van der Waals surface area contributed by atoms with Gasteiger partial charge in [-0.25, -0.2) is 13.6 Å². The lowest BCUT2D eigenvalue weighted by atomic mass is 10.1. The first kappa shape index (κ1) is 27.2. The van der Waals surface area contributed by atoms with E-state index >= 15 is 0 Å². The first-order valence-corrected chi connectivity index (χ1v) is 11.5. The Morgan fingerprint density at radius 1 is 1.10 bits per heavy atom. The van der Waals surface area contributed by atoms with Crippen molar-refractivity contribution in [3.05, 3.63) is 59.2 Å². The van der Waals surface area contributed by atoms with E-state index in [2.05, 4.69) is 47.7 Å². The molecule has 0 aliphatic heterocycles. The molecule has 0 heterocycles. The molecule has 0 saturated heterocycles. The number of rotatable bonds is 9. The molecule has 7 nitrogen and oxygen atoms in total. The van der Waals surface area contributed by atoms with Crippen molar-refractivity contribution in [1.29, 1.82) is 0 Å². The molecule has 0 spiro atoms. The number of guanidine groups is 1. The molecule has 4 N–H and O–H groups in total. The molecule has 0 aliphatic rings. The van der Waals surface area contributed by atoms with Crippen LogP contribution in [-0.2, 0) is 23.1 Å². The zero-order chi connectivity index (χ0) is 22.1. The van der Waals surface area contributed by atoms with Gasteiger partial charge in [0.15, 0.2) is 5.96 Å². The molecule has 0 aliphatic carbocycles. The van der Waals surface area contributed by atoms with Gasteiger partial charge in [0.25, 0.3) is 0 Å². The van der Waals surface area contributed by atoms with Crippen molar-refractivity contribution in [3.63, 3.8) is 0 Å². The van der Waals surface area contributed by atoms with Crippen molar-refractivity contribution < 1.29 is 13.2 Å². The minimum absolute atomic E-state index is 0. The number of sulfonamides is 1. The summed E-state index contributed by atoms with van der Waals surface area (Å²) in [7, 11) is -1.98. The number of nitrogens with one attached hydrogen (secondary N) is 2. The van der Waals surface area contributed by atoms with Crippen LogP contribution in [0.15, 0.2) is 52.4 Å². The monoisotopic (exact) mass is 560 g/mol. The van der Waals surface area contributed by atoms with Crippen molar-refractivity contribution in [2.24, 2.45) is 16.0 Å². The van der Waals surface area contributed by atoms with Crippen LogP contribution >= 0.6 is 24.0 Å². The van der Waals surface area contributed by atoms with Crippen LogP contribution < -0.4 is 20.5 Å². The highest BCUT2D eigenvalue weighted by molar-refractivity contribution is 14.0. The van der Waals surface area contributed by atoms with E-state index in [1.807, 2.05) is 6.92 Å². The quantitative estimate of drug-likeness (QED) is 0.247. The van der Waals surface area contributed by atoms with E-state index in [4.69, 9.17) is 9.88 Å². The van der Waals surface area contributed by atoms with Crippen molar-refractivity contribution in [3.8, 4) is 5.75 Å². The van der Waals surface area contributed by atoms with Gasteiger partial charge in [0, 0.05) is 25.7 Å². The maximum Gasteiger partial charge on any atom is 0.238 e. The summed E-state index contributed by atoms with van der Waals surface area (Å²) in [5.74, 6) is 2.12. The largest absolute Gasteiger partial charge is 0.493 e. The van der Waals surface area contributed by atoms with Gasteiger partial charge in [-0.2, -0.15) is 0 Å². The lowest BCUT2D eigenvalue weighted by molar-refractivity contribution is 0.286. The lowest BCUT2D eigenvalue weighted by Gasteiger charge is -2.16. The summed E-state index contributed by atoms with van der Waals surface area (Å²) in [6.07, 6.45) is 1.01. The number of nitrogens with zero attached hydrogens (tertiary/aromatic N) is 1. The standard InChI is InChI=1S/C22H32N4O3S.HI/c1-16(2)11-12-29-21-13-17(3)5-8-19(21)15-26-22(24-4)25-14-18-6-9-20(10-7-18)30(23,27)28;/h5-10,13,16H,11-12,14-15H2,1-4H3,(H2,23,27,28)(H2,24,25,26);1H. The molecule has 0 fully saturated rings. The van der Waals surface area contributed by atoms with Crippen molar-refractivity contribution in [2.75, 3.05) is 13.7 Å². The zero-order valence-electron chi connectivity index (χ0n) is 18.5. The van der Waals surface area contributed by atoms with Crippen molar-refractivity contribution in [2.45, 2.75) is 45.2 Å². The van der Waals surface area contributed by atoms with Gasteiger partial charge < -0.3 is 15.4 Å². The van der Waals surface area contributed by atoms with Crippen LogP contribution in [0.3, 0.4) is 0 Å². The molecule has 2 aromatic carbocycles. The van der Waals surface area contributed by atoms with E-state index in [-0.39, 0.29) is 28.9 Å². The van der Waals surface area contributed by atoms with Gasteiger partial charge in [-0.05, 0) is 48.6 Å². The molecule has 31 heavy (non-hydrogen) atoms. The third-order valence-electron chi connectivity index (χ3n) is 4.56. The third-order valence-corrected chi connectivity index (χ3v) is 5.49. The summed E-state index contributed by atoms with van der Waals surface area (Å²) in [6, 6.07) is 12.6. The SMILES string of the molecule is CN=C(NCc1ccc(S(N)(=O)=O)cc1)NCc1ccc(C)cc1OCCC(C)C.I. The Morgan fingerprint density at radius 2 is 1.74 bits per heavy atom. The minimum atomic E-state index is -3.68. The van der Waals surface area contributed by atoms with Crippen LogP contribution in [0.5, 0.6) is 5.75 Å². The Balaban J connectivity index is 0.00000480. The topological polar surface area (TPSA) is 106 Å². The number of nitrogens with two attached hydrogens (primary N) is 1. The summed E-state index contributed by atoms with van der Waals surface area (Å²) in [6.45, 7) is 8.17. The second kappa shape index (κ2) is 12.9. The van der Waals surface area contributed by atoms with Crippen LogP contribution in [0, 0.1) is 12.8 Å². The predicted molar refractivity (Wildman–Crippen MR) is 136 cm³/mol. The second-order valence-corrected chi connectivity index (χ2v) is 9.17. The maximum absolute atomic E-state index is 11.3. The van der Waals surface area contributed by atoms with E-state index in [1.54, 1.807) is 19.2 Å². The Hall–Kier alpha value is -1.85. The lowest BCUT2D eigenvalue weighted by Crippen LogP contribution is -2.36. The Kier molecular flexibility index (Phi) is 11.3. The average Bonchev–Trinajstić information content (AvgIpc) is 2.68. The van der Waals surface area contributed by atoms with Crippen LogP contribution in [0.4, 0.5) is 0 Å². The molecule has 0 aromatic heterocycles. The van der Waals surface area contributed by atoms with Gasteiger partial charge in [-0.15, -0.1) is 24.0 Å². The van der Waals surface area contributed by atoms with Gasteiger partial charge in [0.05, 0.1) is 11.5 Å². The Bertz CT molecular complexity index is 961. The van der Waals surface area contributed by atoms with Gasteiger partial charge >= 0.3 is 0 Å². The summed E-state index contributed by atoms with van der Waals surface area (Å²) in [4.78, 5) is 4.34. The number of hydrogen-bond acceptors (Lipinski definition) is 4. The zero-order valence-corrected chi connectivity index (χ0v) is 21.7. The first-order valence-electron chi connectivity index (χ1n) is 9.97. The molecule has 0 radical (unpaired) electrons. The molecule has 2 aromatic rings. The number of halogens is 1.